The third-order valence-corrected chi connectivity index (χ3v) is 3.45. The number of hydrogen-bond acceptors (Lipinski definition) is 3. The van der Waals surface area contributed by atoms with E-state index >= 15 is 0 Å². The van der Waals surface area contributed by atoms with Gasteiger partial charge in [-0.25, -0.2) is 0 Å². The van der Waals surface area contributed by atoms with E-state index in [1.54, 1.807) is 0 Å². The lowest BCUT2D eigenvalue weighted by Gasteiger charge is -2.32. The smallest absolute Gasteiger partial charge is 0.309 e. The second-order valence-electron chi connectivity index (χ2n) is 4.07. The van der Waals surface area contributed by atoms with Crippen molar-refractivity contribution in [2.24, 2.45) is 11.8 Å². The SMILES string of the molecule is COC(=O)[C@@H]1CCN[C@H]2CCC[C@H]21. The van der Waals surface area contributed by atoms with Gasteiger partial charge in [-0.1, -0.05) is 6.42 Å². The molecule has 1 aliphatic carbocycles. The van der Waals surface area contributed by atoms with E-state index in [4.69, 9.17) is 4.74 Å². The number of hydrogen-bond donors (Lipinski definition) is 1. The summed E-state index contributed by atoms with van der Waals surface area (Å²) >= 11 is 0. The summed E-state index contributed by atoms with van der Waals surface area (Å²) in [5.74, 6) is 0.707. The molecule has 74 valence electrons. The fourth-order valence-corrected chi connectivity index (χ4v) is 2.81. The monoisotopic (exact) mass is 183 g/mol. The lowest BCUT2D eigenvalue weighted by atomic mass is 9.82. The third-order valence-electron chi connectivity index (χ3n) is 3.45. The van der Waals surface area contributed by atoms with E-state index in [1.165, 1.54) is 26.4 Å². The third kappa shape index (κ3) is 1.57. The van der Waals surface area contributed by atoms with Crippen LogP contribution in [0.15, 0.2) is 0 Å². The number of carbonyl (C=O) groups excluding carboxylic acids is 1. The molecule has 0 spiro atoms. The first-order chi connectivity index (χ1) is 6.33. The van der Waals surface area contributed by atoms with E-state index in [1.807, 2.05) is 0 Å². The summed E-state index contributed by atoms with van der Waals surface area (Å²) in [5.41, 5.74) is 0. The summed E-state index contributed by atoms with van der Waals surface area (Å²) in [7, 11) is 1.49. The van der Waals surface area contributed by atoms with Crippen LogP contribution >= 0.6 is 0 Å². The average molecular weight is 183 g/mol. The molecule has 0 aromatic rings. The van der Waals surface area contributed by atoms with E-state index in [0.29, 0.717) is 12.0 Å². The highest BCUT2D eigenvalue weighted by atomic mass is 16.5. The average Bonchev–Trinajstić information content (AvgIpc) is 2.63. The van der Waals surface area contributed by atoms with Crippen molar-refractivity contribution >= 4 is 5.97 Å². The predicted molar refractivity (Wildman–Crippen MR) is 49.3 cm³/mol. The van der Waals surface area contributed by atoms with Gasteiger partial charge in [-0.2, -0.15) is 0 Å². The van der Waals surface area contributed by atoms with E-state index in [-0.39, 0.29) is 11.9 Å². The Balaban J connectivity index is 2.05. The number of carbonyl (C=O) groups is 1. The van der Waals surface area contributed by atoms with Crippen LogP contribution in [0, 0.1) is 11.8 Å². The standard InChI is InChI=1S/C10H17NO2/c1-13-10(12)8-5-6-11-9-4-2-3-7(8)9/h7-9,11H,2-6H2,1H3/t7-,8+,9-/m0/s1. The largest absolute Gasteiger partial charge is 0.469 e. The quantitative estimate of drug-likeness (QED) is 0.615. The molecule has 3 atom stereocenters. The van der Waals surface area contributed by atoms with Crippen molar-refractivity contribution < 1.29 is 9.53 Å². The van der Waals surface area contributed by atoms with Gasteiger partial charge in [0.1, 0.15) is 0 Å². The summed E-state index contributed by atoms with van der Waals surface area (Å²) in [6, 6.07) is 0.581. The van der Waals surface area contributed by atoms with Crippen LogP contribution in [-0.2, 0) is 9.53 Å². The number of nitrogens with one attached hydrogen (secondary N) is 1. The van der Waals surface area contributed by atoms with Crippen molar-refractivity contribution in [3.8, 4) is 0 Å². The molecule has 13 heavy (non-hydrogen) atoms. The molecule has 2 rings (SSSR count). The van der Waals surface area contributed by atoms with E-state index in [0.717, 1.165) is 13.0 Å². The predicted octanol–water partition coefficient (Wildman–Crippen LogP) is 0.938. The maximum Gasteiger partial charge on any atom is 0.309 e. The van der Waals surface area contributed by atoms with Crippen molar-refractivity contribution in [3.63, 3.8) is 0 Å². The molecule has 1 saturated heterocycles. The van der Waals surface area contributed by atoms with Gasteiger partial charge < -0.3 is 10.1 Å². The Morgan fingerprint density at radius 3 is 3.00 bits per heavy atom. The zero-order valence-corrected chi connectivity index (χ0v) is 8.08. The molecule has 1 saturated carbocycles. The van der Waals surface area contributed by atoms with Gasteiger partial charge in [-0.15, -0.1) is 0 Å². The molecule has 0 aromatic carbocycles. The molecule has 0 bridgehead atoms. The Hall–Kier alpha value is -0.570. The molecule has 1 heterocycles. The molecule has 1 N–H and O–H groups in total. The van der Waals surface area contributed by atoms with Gasteiger partial charge in [0.25, 0.3) is 0 Å². The number of methoxy groups -OCH3 is 1. The minimum absolute atomic E-state index is 0.00148. The Morgan fingerprint density at radius 1 is 1.38 bits per heavy atom. The second-order valence-corrected chi connectivity index (χ2v) is 4.07. The van der Waals surface area contributed by atoms with Crippen molar-refractivity contribution in [2.45, 2.75) is 31.7 Å². The molecule has 0 radical (unpaired) electrons. The Kier molecular flexibility index (Phi) is 2.54. The van der Waals surface area contributed by atoms with Crippen molar-refractivity contribution in [3.05, 3.63) is 0 Å². The van der Waals surface area contributed by atoms with Crippen LogP contribution < -0.4 is 5.32 Å². The van der Waals surface area contributed by atoms with E-state index in [2.05, 4.69) is 5.32 Å². The first-order valence-electron chi connectivity index (χ1n) is 5.14. The molecular formula is C10H17NO2. The van der Waals surface area contributed by atoms with Gasteiger partial charge in [0.15, 0.2) is 0 Å². The molecule has 1 aliphatic heterocycles. The normalized spacial score (nSPS) is 38.4. The highest BCUT2D eigenvalue weighted by Gasteiger charge is 2.40. The first kappa shape index (κ1) is 9.00. The van der Waals surface area contributed by atoms with Crippen LogP contribution in [0.5, 0.6) is 0 Å². The maximum absolute atomic E-state index is 11.5. The zero-order chi connectivity index (χ0) is 9.26. The summed E-state index contributed by atoms with van der Waals surface area (Å²) in [4.78, 5) is 11.5. The molecule has 0 unspecified atom stereocenters. The van der Waals surface area contributed by atoms with Crippen LogP contribution in [0.25, 0.3) is 0 Å². The van der Waals surface area contributed by atoms with Crippen LogP contribution in [-0.4, -0.2) is 25.7 Å². The topological polar surface area (TPSA) is 38.3 Å². The fraction of sp³-hybridized carbons (Fsp3) is 0.900. The van der Waals surface area contributed by atoms with Gasteiger partial charge in [-0.05, 0) is 31.7 Å². The number of esters is 1. The van der Waals surface area contributed by atoms with Crippen LogP contribution in [0.1, 0.15) is 25.7 Å². The molecule has 3 nitrogen and oxygen atoms in total. The van der Waals surface area contributed by atoms with E-state index < -0.39 is 0 Å². The molecule has 2 aliphatic rings. The number of ether oxygens (including phenoxy) is 1. The van der Waals surface area contributed by atoms with Crippen molar-refractivity contribution in [1.82, 2.24) is 5.32 Å². The molecule has 2 fully saturated rings. The van der Waals surface area contributed by atoms with Crippen LogP contribution in [0.4, 0.5) is 0 Å². The lowest BCUT2D eigenvalue weighted by molar-refractivity contribution is -0.148. The second kappa shape index (κ2) is 3.66. The van der Waals surface area contributed by atoms with Crippen molar-refractivity contribution in [2.75, 3.05) is 13.7 Å². The summed E-state index contributed by atoms with van der Waals surface area (Å²) < 4.78 is 4.83. The highest BCUT2D eigenvalue weighted by molar-refractivity contribution is 5.73. The number of rotatable bonds is 1. The van der Waals surface area contributed by atoms with Crippen LogP contribution in [0.2, 0.25) is 0 Å². The van der Waals surface area contributed by atoms with Gasteiger partial charge in [0.2, 0.25) is 0 Å². The van der Waals surface area contributed by atoms with E-state index in [9.17, 15) is 4.79 Å². The minimum Gasteiger partial charge on any atom is -0.469 e. The summed E-state index contributed by atoms with van der Waals surface area (Å²) in [6.45, 7) is 0.973. The Labute approximate surface area is 78.8 Å². The minimum atomic E-state index is -0.00148. The Morgan fingerprint density at radius 2 is 2.23 bits per heavy atom. The Bertz CT molecular complexity index is 205. The number of fused-ring (bicyclic) bond motifs is 1. The summed E-state index contributed by atoms with van der Waals surface area (Å²) in [5, 5.41) is 3.48. The molecule has 0 aromatic heterocycles. The van der Waals surface area contributed by atoms with Crippen molar-refractivity contribution in [1.29, 1.82) is 0 Å². The fourth-order valence-electron chi connectivity index (χ4n) is 2.81. The first-order valence-corrected chi connectivity index (χ1v) is 5.14. The molecule has 3 heteroatoms. The van der Waals surface area contributed by atoms with Gasteiger partial charge in [0, 0.05) is 6.04 Å². The number of piperidine rings is 1. The van der Waals surface area contributed by atoms with Gasteiger partial charge in [0.05, 0.1) is 13.0 Å². The van der Waals surface area contributed by atoms with Gasteiger partial charge in [-0.3, -0.25) is 4.79 Å². The maximum atomic E-state index is 11.5. The molecular weight excluding hydrogens is 166 g/mol. The zero-order valence-electron chi connectivity index (χ0n) is 8.08. The van der Waals surface area contributed by atoms with Gasteiger partial charge >= 0.3 is 5.97 Å². The molecule has 0 amide bonds. The van der Waals surface area contributed by atoms with Crippen LogP contribution in [0.3, 0.4) is 0 Å². The summed E-state index contributed by atoms with van der Waals surface area (Å²) in [6.07, 6.45) is 4.64. The lowest BCUT2D eigenvalue weighted by Crippen LogP contribution is -2.45. The highest BCUT2D eigenvalue weighted by Crippen LogP contribution is 2.36.